The molecule has 0 aliphatic heterocycles. The van der Waals surface area contributed by atoms with Gasteiger partial charge in [-0.15, -0.1) is 16.4 Å². The molecule has 4 rings (SSSR count). The number of carbonyl (C=O) groups excluding carboxylic acids is 1. The number of carbonyl (C=O) groups is 1. The van der Waals surface area contributed by atoms with E-state index < -0.39 is 0 Å². The smallest absolute Gasteiger partial charge is 0.248 e. The van der Waals surface area contributed by atoms with Gasteiger partial charge in [0.1, 0.15) is 6.54 Å². The Kier molecular flexibility index (Phi) is 4.91. The lowest BCUT2D eigenvalue weighted by molar-refractivity contribution is -0.116. The number of rotatable bonds is 5. The number of hydrogen-bond acceptors (Lipinski definition) is 6. The molecule has 0 unspecified atom stereocenters. The number of nitrogens with one attached hydrogen (secondary N) is 1. The lowest BCUT2D eigenvalue weighted by Gasteiger charge is -2.05. The van der Waals surface area contributed by atoms with Crippen molar-refractivity contribution in [1.29, 1.82) is 0 Å². The molecule has 9 heteroatoms. The average Bonchev–Trinajstić information content (AvgIpc) is 3.33. The van der Waals surface area contributed by atoms with E-state index in [2.05, 4.69) is 25.8 Å². The fourth-order valence-corrected chi connectivity index (χ4v) is 3.35. The Morgan fingerprint density at radius 1 is 1.07 bits per heavy atom. The summed E-state index contributed by atoms with van der Waals surface area (Å²) in [6, 6.07) is 16.9. The second-order valence-corrected chi connectivity index (χ2v) is 6.91. The van der Waals surface area contributed by atoms with Gasteiger partial charge in [-0.1, -0.05) is 41.9 Å². The van der Waals surface area contributed by atoms with Crippen LogP contribution in [0.1, 0.15) is 0 Å². The first kappa shape index (κ1) is 17.3. The van der Waals surface area contributed by atoms with Gasteiger partial charge < -0.3 is 5.32 Å². The molecule has 4 aromatic rings. The summed E-state index contributed by atoms with van der Waals surface area (Å²) >= 11 is 7.27. The summed E-state index contributed by atoms with van der Waals surface area (Å²) in [6.07, 6.45) is 0. The van der Waals surface area contributed by atoms with Gasteiger partial charge in [-0.25, -0.2) is 9.67 Å². The number of nitrogens with zero attached hydrogens (tertiary/aromatic N) is 5. The van der Waals surface area contributed by atoms with Crippen molar-refractivity contribution in [2.45, 2.75) is 6.54 Å². The highest BCUT2D eigenvalue weighted by molar-refractivity contribution is 7.14. The molecule has 0 spiro atoms. The summed E-state index contributed by atoms with van der Waals surface area (Å²) in [7, 11) is 0. The minimum Gasteiger partial charge on any atom is -0.300 e. The third-order valence-electron chi connectivity index (χ3n) is 3.75. The summed E-state index contributed by atoms with van der Waals surface area (Å²) in [5.74, 6) is 0.234. The minimum atomic E-state index is -0.258. The van der Waals surface area contributed by atoms with E-state index in [9.17, 15) is 4.79 Å². The van der Waals surface area contributed by atoms with E-state index in [1.165, 1.54) is 16.0 Å². The van der Waals surface area contributed by atoms with Gasteiger partial charge in [0.15, 0.2) is 11.0 Å². The number of hydrogen-bond donors (Lipinski definition) is 1. The van der Waals surface area contributed by atoms with E-state index in [-0.39, 0.29) is 12.5 Å². The molecule has 134 valence electrons. The standard InChI is InChI=1S/C18H13ClN6OS/c19-14-8-6-13(7-9-14)17-22-23-24-25(17)10-16(26)21-18-20-15(11-27-18)12-4-2-1-3-5-12/h1-9,11H,10H2,(H,20,21,26). The molecule has 1 N–H and O–H groups in total. The van der Waals surface area contributed by atoms with E-state index in [1.54, 1.807) is 24.3 Å². The highest BCUT2D eigenvalue weighted by Crippen LogP contribution is 2.24. The summed E-state index contributed by atoms with van der Waals surface area (Å²) < 4.78 is 1.43. The Morgan fingerprint density at radius 2 is 1.85 bits per heavy atom. The molecule has 2 aromatic heterocycles. The Morgan fingerprint density at radius 3 is 2.63 bits per heavy atom. The van der Waals surface area contributed by atoms with Crippen molar-refractivity contribution in [3.63, 3.8) is 0 Å². The van der Waals surface area contributed by atoms with Gasteiger partial charge in [0.05, 0.1) is 5.69 Å². The molecule has 0 bridgehead atoms. The van der Waals surface area contributed by atoms with Crippen LogP contribution in [0.2, 0.25) is 5.02 Å². The average molecular weight is 397 g/mol. The summed E-state index contributed by atoms with van der Waals surface area (Å²) in [5.41, 5.74) is 2.60. The number of aromatic nitrogens is 5. The number of anilines is 1. The third kappa shape index (κ3) is 4.02. The summed E-state index contributed by atoms with van der Waals surface area (Å²) in [6.45, 7) is -0.0226. The molecule has 0 aliphatic rings. The van der Waals surface area contributed by atoms with Gasteiger partial charge in [-0.2, -0.15) is 0 Å². The maximum atomic E-state index is 12.4. The van der Waals surface area contributed by atoms with E-state index in [0.717, 1.165) is 16.8 Å². The zero-order chi connectivity index (χ0) is 18.6. The zero-order valence-electron chi connectivity index (χ0n) is 13.9. The monoisotopic (exact) mass is 396 g/mol. The maximum Gasteiger partial charge on any atom is 0.248 e. The first-order chi connectivity index (χ1) is 13.2. The molecule has 1 amide bonds. The van der Waals surface area contributed by atoms with Crippen LogP contribution < -0.4 is 5.32 Å². The van der Waals surface area contributed by atoms with Crippen LogP contribution in [0.25, 0.3) is 22.6 Å². The SMILES string of the molecule is O=C(Cn1nnnc1-c1ccc(Cl)cc1)Nc1nc(-c2ccccc2)cs1. The van der Waals surface area contributed by atoms with Crippen LogP contribution in [0.5, 0.6) is 0 Å². The molecular formula is C18H13ClN6OS. The van der Waals surface area contributed by atoms with Crippen LogP contribution in [-0.2, 0) is 11.3 Å². The van der Waals surface area contributed by atoms with Gasteiger partial charge in [0.2, 0.25) is 5.91 Å². The maximum absolute atomic E-state index is 12.4. The number of thiazole rings is 1. The van der Waals surface area contributed by atoms with Crippen molar-refractivity contribution in [3.05, 3.63) is 65.0 Å². The number of tetrazole rings is 1. The lowest BCUT2D eigenvalue weighted by Crippen LogP contribution is -2.20. The van der Waals surface area contributed by atoms with E-state index in [1.807, 2.05) is 35.7 Å². The first-order valence-electron chi connectivity index (χ1n) is 8.02. The van der Waals surface area contributed by atoms with E-state index >= 15 is 0 Å². The summed E-state index contributed by atoms with van der Waals surface area (Å²) in [5, 5.41) is 17.4. The molecule has 0 saturated heterocycles. The fraction of sp³-hybridized carbons (Fsp3) is 0.0556. The molecule has 0 fully saturated rings. The van der Waals surface area contributed by atoms with Gasteiger partial charge in [-0.3, -0.25) is 4.79 Å². The van der Waals surface area contributed by atoms with Crippen LogP contribution in [0.3, 0.4) is 0 Å². The van der Waals surface area contributed by atoms with Crippen LogP contribution in [0.4, 0.5) is 5.13 Å². The van der Waals surface area contributed by atoms with Crippen LogP contribution in [0.15, 0.2) is 60.0 Å². The zero-order valence-corrected chi connectivity index (χ0v) is 15.5. The van der Waals surface area contributed by atoms with Gasteiger partial charge in [-0.05, 0) is 34.7 Å². The molecule has 0 aliphatic carbocycles. The molecule has 27 heavy (non-hydrogen) atoms. The summed E-state index contributed by atoms with van der Waals surface area (Å²) in [4.78, 5) is 16.8. The van der Waals surface area contributed by atoms with Gasteiger partial charge >= 0.3 is 0 Å². The van der Waals surface area contributed by atoms with Crippen molar-refractivity contribution in [3.8, 4) is 22.6 Å². The molecule has 0 atom stereocenters. The van der Waals surface area contributed by atoms with Crippen LogP contribution >= 0.6 is 22.9 Å². The quantitative estimate of drug-likeness (QED) is 0.555. The van der Waals surface area contributed by atoms with Crippen LogP contribution in [-0.4, -0.2) is 31.1 Å². The van der Waals surface area contributed by atoms with E-state index in [4.69, 9.17) is 11.6 Å². The first-order valence-corrected chi connectivity index (χ1v) is 9.28. The molecule has 2 heterocycles. The predicted octanol–water partition coefficient (Wildman–Crippen LogP) is 3.76. The second kappa shape index (κ2) is 7.65. The highest BCUT2D eigenvalue weighted by Gasteiger charge is 2.14. The van der Waals surface area contributed by atoms with Crippen molar-refractivity contribution in [2.75, 3.05) is 5.32 Å². The number of benzene rings is 2. The topological polar surface area (TPSA) is 85.6 Å². The Labute approximate surface area is 163 Å². The van der Waals surface area contributed by atoms with Crippen molar-refractivity contribution in [2.24, 2.45) is 0 Å². The normalized spacial score (nSPS) is 10.7. The third-order valence-corrected chi connectivity index (χ3v) is 4.76. The lowest BCUT2D eigenvalue weighted by atomic mass is 10.2. The Hall–Kier alpha value is -3.10. The number of halogens is 1. The molecule has 0 radical (unpaired) electrons. The second-order valence-electron chi connectivity index (χ2n) is 5.62. The predicted molar refractivity (Wildman–Crippen MR) is 104 cm³/mol. The molecular weight excluding hydrogens is 384 g/mol. The van der Waals surface area contributed by atoms with Crippen molar-refractivity contribution < 1.29 is 4.79 Å². The number of amides is 1. The van der Waals surface area contributed by atoms with E-state index in [0.29, 0.717) is 16.0 Å². The Balaban J connectivity index is 1.46. The minimum absolute atomic E-state index is 0.0226. The van der Waals surface area contributed by atoms with Gasteiger partial charge in [0, 0.05) is 21.5 Å². The molecule has 2 aromatic carbocycles. The highest BCUT2D eigenvalue weighted by atomic mass is 35.5. The van der Waals surface area contributed by atoms with Crippen LogP contribution in [0, 0.1) is 0 Å². The molecule has 0 saturated carbocycles. The largest absolute Gasteiger partial charge is 0.300 e. The molecule has 7 nitrogen and oxygen atoms in total. The Bertz CT molecular complexity index is 1060. The van der Waals surface area contributed by atoms with Gasteiger partial charge in [0.25, 0.3) is 0 Å². The fourth-order valence-electron chi connectivity index (χ4n) is 2.48. The van der Waals surface area contributed by atoms with Crippen molar-refractivity contribution >= 4 is 34.0 Å². The van der Waals surface area contributed by atoms with Crippen molar-refractivity contribution in [1.82, 2.24) is 25.2 Å².